The van der Waals surface area contributed by atoms with Crippen LogP contribution in [0.3, 0.4) is 0 Å². The van der Waals surface area contributed by atoms with Gasteiger partial charge in [-0.3, -0.25) is 4.79 Å². The highest BCUT2D eigenvalue weighted by Crippen LogP contribution is 2.16. The number of carbonyl (C=O) groups excluding carboxylic acids is 1. The summed E-state index contributed by atoms with van der Waals surface area (Å²) in [4.78, 5) is 18.2. The SMILES string of the molecule is CCOc1ncccc1C(=O)N1CCNCC1. The molecule has 0 aromatic carbocycles. The first-order valence-corrected chi connectivity index (χ1v) is 5.90. The van der Waals surface area contributed by atoms with Crippen LogP contribution >= 0.6 is 0 Å². The lowest BCUT2D eigenvalue weighted by Crippen LogP contribution is -2.46. The number of pyridine rings is 1. The van der Waals surface area contributed by atoms with Crippen LogP contribution in [-0.2, 0) is 0 Å². The minimum absolute atomic E-state index is 0.00282. The Labute approximate surface area is 101 Å². The molecule has 1 aliphatic rings. The maximum atomic E-state index is 12.3. The maximum absolute atomic E-state index is 12.3. The molecule has 17 heavy (non-hydrogen) atoms. The van der Waals surface area contributed by atoms with E-state index in [1.807, 2.05) is 11.8 Å². The van der Waals surface area contributed by atoms with Crippen LogP contribution in [0.15, 0.2) is 18.3 Å². The third kappa shape index (κ3) is 2.74. The van der Waals surface area contributed by atoms with Gasteiger partial charge < -0.3 is 15.0 Å². The zero-order chi connectivity index (χ0) is 12.1. The molecule has 5 heteroatoms. The average Bonchev–Trinajstić information content (AvgIpc) is 2.40. The quantitative estimate of drug-likeness (QED) is 0.830. The van der Waals surface area contributed by atoms with Gasteiger partial charge in [0, 0.05) is 32.4 Å². The van der Waals surface area contributed by atoms with Crippen LogP contribution in [-0.4, -0.2) is 48.6 Å². The lowest BCUT2D eigenvalue weighted by Gasteiger charge is -2.27. The van der Waals surface area contributed by atoms with Crippen molar-refractivity contribution in [1.82, 2.24) is 15.2 Å². The van der Waals surface area contributed by atoms with Gasteiger partial charge in [-0.05, 0) is 19.1 Å². The zero-order valence-corrected chi connectivity index (χ0v) is 9.98. The number of ether oxygens (including phenoxy) is 1. The molecule has 1 aliphatic heterocycles. The van der Waals surface area contributed by atoms with Gasteiger partial charge in [0.25, 0.3) is 5.91 Å². The van der Waals surface area contributed by atoms with E-state index in [0.717, 1.165) is 26.2 Å². The Morgan fingerprint density at radius 2 is 2.29 bits per heavy atom. The van der Waals surface area contributed by atoms with Crippen molar-refractivity contribution >= 4 is 5.91 Å². The summed E-state index contributed by atoms with van der Waals surface area (Å²) in [5.41, 5.74) is 0.552. The van der Waals surface area contributed by atoms with Crippen molar-refractivity contribution in [3.63, 3.8) is 0 Å². The van der Waals surface area contributed by atoms with Gasteiger partial charge in [-0.15, -0.1) is 0 Å². The molecule has 92 valence electrons. The van der Waals surface area contributed by atoms with Gasteiger partial charge in [-0.2, -0.15) is 0 Å². The van der Waals surface area contributed by atoms with Crippen molar-refractivity contribution in [3.05, 3.63) is 23.9 Å². The summed E-state index contributed by atoms with van der Waals surface area (Å²) < 4.78 is 5.37. The minimum Gasteiger partial charge on any atom is -0.477 e. The Morgan fingerprint density at radius 1 is 1.53 bits per heavy atom. The number of rotatable bonds is 3. The van der Waals surface area contributed by atoms with Gasteiger partial charge >= 0.3 is 0 Å². The first-order chi connectivity index (χ1) is 8.33. The molecule has 0 bridgehead atoms. The van der Waals surface area contributed by atoms with Gasteiger partial charge in [0.15, 0.2) is 0 Å². The molecule has 0 atom stereocenters. The molecule has 1 aromatic rings. The second-order valence-electron chi connectivity index (χ2n) is 3.83. The summed E-state index contributed by atoms with van der Waals surface area (Å²) in [5, 5.41) is 3.22. The molecule has 1 aromatic heterocycles. The number of carbonyl (C=O) groups is 1. The normalized spacial score (nSPS) is 15.7. The van der Waals surface area contributed by atoms with E-state index in [4.69, 9.17) is 4.74 Å². The molecular weight excluding hydrogens is 218 g/mol. The number of aromatic nitrogens is 1. The zero-order valence-electron chi connectivity index (χ0n) is 9.98. The van der Waals surface area contributed by atoms with Crippen LogP contribution in [0.4, 0.5) is 0 Å². The van der Waals surface area contributed by atoms with Crippen LogP contribution in [0, 0.1) is 0 Å². The molecule has 1 amide bonds. The van der Waals surface area contributed by atoms with Gasteiger partial charge in [0.05, 0.1) is 6.61 Å². The van der Waals surface area contributed by atoms with E-state index in [2.05, 4.69) is 10.3 Å². The Balaban J connectivity index is 2.17. The number of nitrogens with zero attached hydrogens (tertiary/aromatic N) is 2. The van der Waals surface area contributed by atoms with Crippen LogP contribution in [0.25, 0.3) is 0 Å². The topological polar surface area (TPSA) is 54.5 Å². The maximum Gasteiger partial charge on any atom is 0.259 e. The molecule has 5 nitrogen and oxygen atoms in total. The predicted octanol–water partition coefficient (Wildman–Crippen LogP) is 0.526. The van der Waals surface area contributed by atoms with Crippen molar-refractivity contribution < 1.29 is 9.53 Å². The summed E-state index contributed by atoms with van der Waals surface area (Å²) >= 11 is 0. The van der Waals surface area contributed by atoms with Crippen molar-refractivity contribution in [2.24, 2.45) is 0 Å². The van der Waals surface area contributed by atoms with Crippen LogP contribution in [0.5, 0.6) is 5.88 Å². The van der Waals surface area contributed by atoms with Gasteiger partial charge in [-0.25, -0.2) is 4.98 Å². The molecule has 1 fully saturated rings. The first-order valence-electron chi connectivity index (χ1n) is 5.90. The Morgan fingerprint density at radius 3 is 3.00 bits per heavy atom. The van der Waals surface area contributed by atoms with E-state index >= 15 is 0 Å². The summed E-state index contributed by atoms with van der Waals surface area (Å²) in [7, 11) is 0. The summed E-state index contributed by atoms with van der Waals surface area (Å²) in [6.45, 7) is 5.55. The smallest absolute Gasteiger partial charge is 0.259 e. The molecule has 0 aliphatic carbocycles. The number of amides is 1. The third-order valence-corrected chi connectivity index (χ3v) is 2.69. The van der Waals surface area contributed by atoms with Gasteiger partial charge in [0.1, 0.15) is 5.56 Å². The fourth-order valence-electron chi connectivity index (χ4n) is 1.84. The average molecular weight is 235 g/mol. The minimum atomic E-state index is 0.00282. The number of hydrogen-bond donors (Lipinski definition) is 1. The number of piperazine rings is 1. The van der Waals surface area contributed by atoms with E-state index < -0.39 is 0 Å². The number of hydrogen-bond acceptors (Lipinski definition) is 4. The molecule has 0 saturated carbocycles. The summed E-state index contributed by atoms with van der Waals surface area (Å²) in [6, 6.07) is 3.53. The van der Waals surface area contributed by atoms with E-state index in [-0.39, 0.29) is 5.91 Å². The molecular formula is C12H17N3O2. The van der Waals surface area contributed by atoms with Crippen molar-refractivity contribution in [2.75, 3.05) is 32.8 Å². The molecule has 0 spiro atoms. The molecule has 2 heterocycles. The summed E-state index contributed by atoms with van der Waals surface area (Å²) in [5.74, 6) is 0.432. The lowest BCUT2D eigenvalue weighted by atomic mass is 10.2. The van der Waals surface area contributed by atoms with E-state index in [9.17, 15) is 4.79 Å². The summed E-state index contributed by atoms with van der Waals surface area (Å²) in [6.07, 6.45) is 1.64. The Kier molecular flexibility index (Phi) is 3.93. The highest BCUT2D eigenvalue weighted by molar-refractivity contribution is 5.96. The molecule has 1 saturated heterocycles. The monoisotopic (exact) mass is 235 g/mol. The van der Waals surface area contributed by atoms with E-state index in [1.54, 1.807) is 18.3 Å². The van der Waals surface area contributed by atoms with Crippen LogP contribution in [0.2, 0.25) is 0 Å². The van der Waals surface area contributed by atoms with E-state index in [0.29, 0.717) is 18.1 Å². The lowest BCUT2D eigenvalue weighted by molar-refractivity contribution is 0.0730. The predicted molar refractivity (Wildman–Crippen MR) is 64.2 cm³/mol. The van der Waals surface area contributed by atoms with E-state index in [1.165, 1.54) is 0 Å². The van der Waals surface area contributed by atoms with Crippen molar-refractivity contribution in [2.45, 2.75) is 6.92 Å². The van der Waals surface area contributed by atoms with Crippen LogP contribution in [0.1, 0.15) is 17.3 Å². The highest BCUT2D eigenvalue weighted by Gasteiger charge is 2.21. The standard InChI is InChI=1S/C12H17N3O2/c1-2-17-11-10(4-3-5-14-11)12(16)15-8-6-13-7-9-15/h3-5,13H,2,6-9H2,1H3. The molecule has 2 rings (SSSR count). The van der Waals surface area contributed by atoms with Crippen LogP contribution < -0.4 is 10.1 Å². The Hall–Kier alpha value is -1.62. The Bertz CT molecular complexity index is 389. The van der Waals surface area contributed by atoms with Crippen molar-refractivity contribution in [1.29, 1.82) is 0 Å². The molecule has 0 radical (unpaired) electrons. The van der Waals surface area contributed by atoms with Gasteiger partial charge in [0.2, 0.25) is 5.88 Å². The third-order valence-electron chi connectivity index (χ3n) is 2.69. The fourth-order valence-corrected chi connectivity index (χ4v) is 1.84. The molecule has 1 N–H and O–H groups in total. The first kappa shape index (κ1) is 11.9. The largest absolute Gasteiger partial charge is 0.477 e. The van der Waals surface area contributed by atoms with Gasteiger partial charge in [-0.1, -0.05) is 0 Å². The second kappa shape index (κ2) is 5.63. The fraction of sp³-hybridized carbons (Fsp3) is 0.500. The van der Waals surface area contributed by atoms with Crippen molar-refractivity contribution in [3.8, 4) is 5.88 Å². The second-order valence-corrected chi connectivity index (χ2v) is 3.83. The molecule has 0 unspecified atom stereocenters. The highest BCUT2D eigenvalue weighted by atomic mass is 16.5. The number of nitrogens with one attached hydrogen (secondary N) is 1.